The Morgan fingerprint density at radius 1 is 0.726 bits per heavy atom. The summed E-state index contributed by atoms with van der Waals surface area (Å²) in [5.74, 6) is -8.22. The van der Waals surface area contributed by atoms with Crippen molar-refractivity contribution in [2.75, 3.05) is 6.61 Å². The maximum atomic E-state index is 14.1. The van der Waals surface area contributed by atoms with E-state index in [2.05, 4.69) is 26.8 Å². The number of rotatable bonds is 1. The van der Waals surface area contributed by atoms with Crippen LogP contribution in [-0.2, 0) is 52.2 Å². The zero-order valence-electron chi connectivity index (χ0n) is 37.5. The molecule has 348 valence electrons. The van der Waals surface area contributed by atoms with Crippen LogP contribution >= 0.6 is 0 Å². The van der Waals surface area contributed by atoms with E-state index in [4.69, 9.17) is 42.6 Å². The second kappa shape index (κ2) is 15.9. The van der Waals surface area contributed by atoms with E-state index in [1.54, 1.807) is 19.9 Å². The zero-order chi connectivity index (χ0) is 44.3. The lowest BCUT2D eigenvalue weighted by molar-refractivity contribution is -0.359. The molecule has 9 aliphatic rings. The molecule has 8 fully saturated rings. The van der Waals surface area contributed by atoms with Crippen LogP contribution in [0, 0.1) is 17.8 Å². The van der Waals surface area contributed by atoms with Crippen LogP contribution in [0.5, 0.6) is 0 Å². The van der Waals surface area contributed by atoms with Gasteiger partial charge in [0.1, 0.15) is 36.1 Å². The van der Waals surface area contributed by atoms with Gasteiger partial charge >= 0.3 is 5.97 Å². The molecule has 0 amide bonds. The summed E-state index contributed by atoms with van der Waals surface area (Å²) in [5, 5.41) is 47.0. The lowest BCUT2D eigenvalue weighted by Crippen LogP contribution is -2.59. The van der Waals surface area contributed by atoms with Crippen LogP contribution in [0.4, 0.5) is 0 Å². The van der Waals surface area contributed by atoms with Crippen molar-refractivity contribution in [3.63, 3.8) is 0 Å². The molecule has 10 bridgehead atoms. The van der Waals surface area contributed by atoms with Crippen LogP contribution in [0.25, 0.3) is 0 Å². The highest BCUT2D eigenvalue weighted by atomic mass is 16.8. The van der Waals surface area contributed by atoms with Crippen LogP contribution in [0.3, 0.4) is 0 Å². The van der Waals surface area contributed by atoms with Crippen molar-refractivity contribution in [2.45, 2.75) is 233 Å². The van der Waals surface area contributed by atoms with E-state index in [0.29, 0.717) is 64.2 Å². The minimum Gasteiger partial charge on any atom is -0.456 e. The molecule has 2 spiro atoms. The number of hydrogen-bond acceptors (Lipinski definition) is 15. The van der Waals surface area contributed by atoms with Gasteiger partial charge in [0.15, 0.2) is 23.5 Å². The molecule has 15 nitrogen and oxygen atoms in total. The molecule has 4 N–H and O–H groups in total. The number of aliphatic hydroxyl groups excluding tert-OH is 2. The van der Waals surface area contributed by atoms with Gasteiger partial charge < -0.3 is 63.1 Å². The smallest absolute Gasteiger partial charge is 0.311 e. The highest BCUT2D eigenvalue weighted by Gasteiger charge is 2.65. The number of carbonyl (C=O) groups excluding carboxylic acids is 2. The van der Waals surface area contributed by atoms with Gasteiger partial charge in [-0.1, -0.05) is 31.6 Å². The summed E-state index contributed by atoms with van der Waals surface area (Å²) in [6.45, 7) is 13.7. The van der Waals surface area contributed by atoms with Crippen LogP contribution in [0.2, 0.25) is 0 Å². The molecule has 0 aromatic rings. The van der Waals surface area contributed by atoms with Crippen molar-refractivity contribution in [3.8, 4) is 0 Å². The van der Waals surface area contributed by atoms with Gasteiger partial charge in [0, 0.05) is 38.5 Å². The molecule has 0 unspecified atom stereocenters. The summed E-state index contributed by atoms with van der Waals surface area (Å²) in [6.07, 6.45) is 4.32. The van der Waals surface area contributed by atoms with Gasteiger partial charge in [0.2, 0.25) is 11.6 Å². The number of hydrogen-bond donors (Lipinski definition) is 4. The predicted molar refractivity (Wildman–Crippen MR) is 219 cm³/mol. The Bertz CT molecular complexity index is 1810. The molecular weight excluding hydrogens is 805 g/mol. The Kier molecular flexibility index (Phi) is 11.6. The van der Waals surface area contributed by atoms with Crippen molar-refractivity contribution in [1.82, 2.24) is 0 Å². The molecule has 0 aliphatic carbocycles. The van der Waals surface area contributed by atoms with E-state index in [0.717, 1.165) is 18.4 Å². The molecule has 62 heavy (non-hydrogen) atoms. The maximum Gasteiger partial charge on any atom is 0.311 e. The van der Waals surface area contributed by atoms with E-state index in [1.807, 2.05) is 13.8 Å². The molecule has 9 rings (SSSR count). The number of esters is 1. The number of allylic oxidation sites excluding steroid dienone is 3. The van der Waals surface area contributed by atoms with Crippen LogP contribution in [0.15, 0.2) is 23.8 Å². The predicted octanol–water partition coefficient (Wildman–Crippen LogP) is 4.57. The number of Topliss-reactive ketones (excluding diaryl/α,β-unsaturated/α-hetero) is 1. The first-order valence-corrected chi connectivity index (χ1v) is 23.4. The Morgan fingerprint density at radius 3 is 2.29 bits per heavy atom. The SMILES string of the molecule is CC1=C/[C@H](C)C[C@@]2(C)CC[C@@H](O2)[C@@]23CC[C@@](C)(C[C@@H](O2)[C@H]2O[C@](C)(CC2=O)[C@@H](O)[C@@H]2CC[C@@]4(CCC[C@H](O4)[C@@H](C)C(=O)O[C@@H]4C[C@@H]([C@@]5(O)OCC[C@@H](C)[C@H]5O)O[C@]4(O)\C=C\1)O2)O3. The van der Waals surface area contributed by atoms with Crippen molar-refractivity contribution in [3.05, 3.63) is 23.8 Å². The Morgan fingerprint density at radius 2 is 1.50 bits per heavy atom. The quantitative estimate of drug-likeness (QED) is 0.267. The van der Waals surface area contributed by atoms with Gasteiger partial charge in [-0.2, -0.15) is 0 Å². The van der Waals surface area contributed by atoms with Gasteiger partial charge in [0.05, 0.1) is 42.0 Å². The first-order chi connectivity index (χ1) is 29.1. The van der Waals surface area contributed by atoms with Gasteiger partial charge in [-0.25, -0.2) is 0 Å². The fourth-order valence-electron chi connectivity index (χ4n) is 12.5. The zero-order valence-corrected chi connectivity index (χ0v) is 37.5. The molecule has 0 aromatic heterocycles. The Balaban J connectivity index is 1.02. The normalized spacial score (nSPS) is 56.2. The molecule has 9 heterocycles. The molecular formula is C47H70O15. The van der Waals surface area contributed by atoms with E-state index in [9.17, 15) is 30.0 Å². The van der Waals surface area contributed by atoms with Crippen LogP contribution in [-0.4, -0.2) is 134 Å². The van der Waals surface area contributed by atoms with Gasteiger partial charge in [0.25, 0.3) is 0 Å². The minimum atomic E-state index is -2.17. The van der Waals surface area contributed by atoms with Gasteiger partial charge in [-0.3, -0.25) is 9.59 Å². The summed E-state index contributed by atoms with van der Waals surface area (Å²) in [6, 6.07) is 0. The number of carbonyl (C=O) groups is 2. The summed E-state index contributed by atoms with van der Waals surface area (Å²) >= 11 is 0. The van der Waals surface area contributed by atoms with E-state index < -0.39 is 101 Å². The van der Waals surface area contributed by atoms with Crippen LogP contribution in [0.1, 0.15) is 138 Å². The molecule has 0 saturated carbocycles. The average molecular weight is 875 g/mol. The standard InChI is InChI=1S/C47H70O15/c1-26-10-17-45(52)35(22-36(60-45)47(53)38(49)28(3)13-20-54-47)55-40(51)29(4)31-9-8-14-44(56-31)16-11-32(57-44)39(50)43(7)24-30(48)37(61-43)33-25-42(6)18-19-46(58-33,62-42)34-12-15-41(5,59-34)23-27(2)21-26/h10,17,21,27-29,31-39,49-50,52-53H,8-9,11-16,18-20,22-25H2,1-7H3/b17-10+,26-21-/t27-,28+,29+,31-,32-,33+,34+,35+,36-,37-,38+,39-,41+,42-,43+,44+,45+,46-,47+/m0/s1. The summed E-state index contributed by atoms with van der Waals surface area (Å²) < 4.78 is 58.4. The van der Waals surface area contributed by atoms with Gasteiger partial charge in [-0.15, -0.1) is 0 Å². The Hall–Kier alpha value is -1.86. The topological polar surface area (TPSA) is 198 Å². The fourth-order valence-corrected chi connectivity index (χ4v) is 12.5. The summed E-state index contributed by atoms with van der Waals surface area (Å²) in [4.78, 5) is 28.0. The Labute approximate surface area is 365 Å². The first-order valence-electron chi connectivity index (χ1n) is 23.4. The molecule has 0 aromatic carbocycles. The molecule has 0 radical (unpaired) electrons. The molecule has 19 atom stereocenters. The molecule has 9 aliphatic heterocycles. The second-order valence-electron chi connectivity index (χ2n) is 21.5. The number of fused-ring (bicyclic) bond motifs is 10. The van der Waals surface area contributed by atoms with Crippen molar-refractivity contribution in [1.29, 1.82) is 0 Å². The lowest BCUT2D eigenvalue weighted by atomic mass is 9.87. The monoisotopic (exact) mass is 874 g/mol. The third kappa shape index (κ3) is 7.99. The van der Waals surface area contributed by atoms with Gasteiger partial charge in [-0.05, 0) is 104 Å². The third-order valence-corrected chi connectivity index (χ3v) is 16.0. The number of ether oxygens (including phenoxy) is 9. The lowest BCUT2D eigenvalue weighted by Gasteiger charge is -2.47. The van der Waals surface area contributed by atoms with Crippen LogP contribution < -0.4 is 0 Å². The fraction of sp³-hybridized carbons (Fsp3) is 0.872. The minimum absolute atomic E-state index is 0.000238. The van der Waals surface area contributed by atoms with Crippen molar-refractivity contribution in [2.24, 2.45) is 17.8 Å². The highest BCUT2D eigenvalue weighted by Crippen LogP contribution is 2.55. The molecule has 8 saturated heterocycles. The second-order valence-corrected chi connectivity index (χ2v) is 21.5. The number of ketones is 1. The largest absolute Gasteiger partial charge is 0.456 e. The number of aliphatic hydroxyl groups is 4. The first kappa shape index (κ1) is 45.3. The van der Waals surface area contributed by atoms with E-state index in [-0.39, 0.29) is 43.2 Å². The van der Waals surface area contributed by atoms with Crippen molar-refractivity contribution < 1.29 is 72.6 Å². The maximum absolute atomic E-state index is 14.1. The third-order valence-electron chi connectivity index (χ3n) is 16.0. The summed E-state index contributed by atoms with van der Waals surface area (Å²) in [5.41, 5.74) is -1.45. The molecule has 15 heteroatoms. The highest BCUT2D eigenvalue weighted by molar-refractivity contribution is 5.86. The van der Waals surface area contributed by atoms with Crippen molar-refractivity contribution >= 4 is 11.8 Å². The van der Waals surface area contributed by atoms with E-state index in [1.165, 1.54) is 6.08 Å². The summed E-state index contributed by atoms with van der Waals surface area (Å²) in [7, 11) is 0. The van der Waals surface area contributed by atoms with E-state index >= 15 is 0 Å². The average Bonchev–Trinajstić information content (AvgIpc) is 4.02.